The molecule has 2 aromatic carbocycles. The fraction of sp³-hybridized carbons (Fsp3) is 0.435. The maximum absolute atomic E-state index is 13.0. The van der Waals surface area contributed by atoms with Crippen molar-refractivity contribution in [3.8, 4) is 0 Å². The van der Waals surface area contributed by atoms with Gasteiger partial charge in [-0.05, 0) is 42.5 Å². The number of morpholine rings is 1. The maximum Gasteiger partial charge on any atom is 0.416 e. The number of nitrogens with one attached hydrogen (secondary N) is 1. The predicted octanol–water partition coefficient (Wildman–Crippen LogP) is 2.49. The second-order valence-corrected chi connectivity index (χ2v) is 10.3. The molecule has 0 saturated carbocycles. The van der Waals surface area contributed by atoms with E-state index < -0.39 is 21.8 Å². The third kappa shape index (κ3) is 6.31. The molecule has 0 aromatic heterocycles. The standard InChI is InChI=1S/C23H27F3N4O4S/c24-23(25,26)18-2-1-3-20(16-18)29-10-8-28(9-11-29)17-22(31)27-19-4-6-21(7-5-19)35(32,33)30-12-14-34-15-13-30/h1-7,16H,8-15,17H2,(H,27,31). The van der Waals surface area contributed by atoms with Crippen LogP contribution < -0.4 is 10.2 Å². The molecule has 4 rings (SSSR count). The number of benzene rings is 2. The molecule has 0 radical (unpaired) electrons. The summed E-state index contributed by atoms with van der Waals surface area (Å²) in [4.78, 5) is 16.4. The summed E-state index contributed by atoms with van der Waals surface area (Å²) >= 11 is 0. The first kappa shape index (κ1) is 25.4. The van der Waals surface area contributed by atoms with Crippen molar-refractivity contribution >= 4 is 27.3 Å². The van der Waals surface area contributed by atoms with Crippen LogP contribution in [0.2, 0.25) is 0 Å². The number of carbonyl (C=O) groups is 1. The molecule has 190 valence electrons. The average Bonchev–Trinajstić information content (AvgIpc) is 2.85. The molecule has 2 heterocycles. The van der Waals surface area contributed by atoms with Crippen LogP contribution in [0, 0.1) is 0 Å². The molecule has 12 heteroatoms. The van der Waals surface area contributed by atoms with Crippen molar-refractivity contribution in [2.45, 2.75) is 11.1 Å². The minimum absolute atomic E-state index is 0.129. The monoisotopic (exact) mass is 512 g/mol. The number of nitrogens with zero attached hydrogens (tertiary/aromatic N) is 3. The Labute approximate surface area is 202 Å². The summed E-state index contributed by atoms with van der Waals surface area (Å²) in [7, 11) is -3.60. The number of amides is 1. The lowest BCUT2D eigenvalue weighted by Crippen LogP contribution is -2.48. The number of piperazine rings is 1. The van der Waals surface area contributed by atoms with Gasteiger partial charge in [-0.1, -0.05) is 6.07 Å². The summed E-state index contributed by atoms with van der Waals surface area (Å²) in [5.74, 6) is -0.249. The van der Waals surface area contributed by atoms with Crippen molar-refractivity contribution < 1.29 is 31.1 Å². The smallest absolute Gasteiger partial charge is 0.379 e. The molecule has 2 saturated heterocycles. The van der Waals surface area contributed by atoms with Crippen LogP contribution in [-0.4, -0.2) is 82.6 Å². The fourth-order valence-corrected chi connectivity index (χ4v) is 5.50. The van der Waals surface area contributed by atoms with E-state index in [2.05, 4.69) is 5.32 Å². The SMILES string of the molecule is O=C(CN1CCN(c2cccc(C(F)(F)F)c2)CC1)Nc1ccc(S(=O)(=O)N2CCOCC2)cc1. The number of halogens is 3. The van der Waals surface area contributed by atoms with E-state index in [9.17, 15) is 26.4 Å². The molecule has 0 aliphatic carbocycles. The molecular formula is C23H27F3N4O4S. The van der Waals surface area contributed by atoms with Gasteiger partial charge in [-0.25, -0.2) is 8.42 Å². The van der Waals surface area contributed by atoms with E-state index in [1.54, 1.807) is 18.2 Å². The van der Waals surface area contributed by atoms with E-state index in [4.69, 9.17) is 4.74 Å². The van der Waals surface area contributed by atoms with Crippen LogP contribution in [0.1, 0.15) is 5.56 Å². The molecule has 0 bridgehead atoms. The van der Waals surface area contributed by atoms with E-state index in [1.165, 1.54) is 22.5 Å². The largest absolute Gasteiger partial charge is 0.416 e. The highest BCUT2D eigenvalue weighted by atomic mass is 32.2. The molecule has 8 nitrogen and oxygen atoms in total. The summed E-state index contributed by atoms with van der Waals surface area (Å²) in [6, 6.07) is 11.3. The van der Waals surface area contributed by atoms with Crippen LogP contribution in [-0.2, 0) is 25.7 Å². The molecule has 0 atom stereocenters. The quantitative estimate of drug-likeness (QED) is 0.641. The molecular weight excluding hydrogens is 485 g/mol. The third-order valence-electron chi connectivity index (χ3n) is 6.02. The van der Waals surface area contributed by atoms with Gasteiger partial charge in [0.2, 0.25) is 15.9 Å². The minimum Gasteiger partial charge on any atom is -0.379 e. The van der Waals surface area contributed by atoms with E-state index in [0.717, 1.165) is 12.1 Å². The van der Waals surface area contributed by atoms with Crippen molar-refractivity contribution in [3.05, 3.63) is 54.1 Å². The molecule has 2 fully saturated rings. The van der Waals surface area contributed by atoms with E-state index >= 15 is 0 Å². The highest BCUT2D eigenvalue weighted by Crippen LogP contribution is 2.32. The van der Waals surface area contributed by atoms with Gasteiger partial charge in [0.25, 0.3) is 0 Å². The van der Waals surface area contributed by atoms with Gasteiger partial charge in [0.1, 0.15) is 0 Å². The van der Waals surface area contributed by atoms with Crippen molar-refractivity contribution in [2.75, 3.05) is 69.2 Å². The van der Waals surface area contributed by atoms with Crippen molar-refractivity contribution in [3.63, 3.8) is 0 Å². The zero-order valence-corrected chi connectivity index (χ0v) is 19.8. The summed E-state index contributed by atoms with van der Waals surface area (Å²) in [5.41, 5.74) is 0.315. The first-order chi connectivity index (χ1) is 16.6. The van der Waals surface area contributed by atoms with Gasteiger partial charge in [0.05, 0.1) is 30.2 Å². The van der Waals surface area contributed by atoms with Crippen LogP contribution in [0.3, 0.4) is 0 Å². The Hall–Kier alpha value is -2.67. The van der Waals surface area contributed by atoms with Crippen molar-refractivity contribution in [1.82, 2.24) is 9.21 Å². The Bertz CT molecular complexity index is 1130. The van der Waals surface area contributed by atoms with Crippen LogP contribution >= 0.6 is 0 Å². The fourth-order valence-electron chi connectivity index (χ4n) is 4.09. The van der Waals surface area contributed by atoms with Gasteiger partial charge in [0, 0.05) is 50.6 Å². The van der Waals surface area contributed by atoms with Gasteiger partial charge in [-0.2, -0.15) is 17.5 Å². The van der Waals surface area contributed by atoms with Crippen LogP contribution in [0.15, 0.2) is 53.4 Å². The molecule has 2 aromatic rings. The number of hydrogen-bond donors (Lipinski definition) is 1. The zero-order valence-electron chi connectivity index (χ0n) is 19.0. The lowest BCUT2D eigenvalue weighted by Gasteiger charge is -2.36. The number of alkyl halides is 3. The van der Waals surface area contributed by atoms with Crippen molar-refractivity contribution in [2.24, 2.45) is 0 Å². The van der Waals surface area contributed by atoms with Crippen LogP contribution in [0.5, 0.6) is 0 Å². The van der Waals surface area contributed by atoms with E-state index in [1.807, 2.05) is 9.80 Å². The molecule has 1 N–H and O–H groups in total. The highest BCUT2D eigenvalue weighted by molar-refractivity contribution is 7.89. The van der Waals surface area contributed by atoms with Gasteiger partial charge >= 0.3 is 6.18 Å². The lowest BCUT2D eigenvalue weighted by atomic mass is 10.1. The van der Waals surface area contributed by atoms with Gasteiger partial charge in [-0.15, -0.1) is 0 Å². The molecule has 1 amide bonds. The molecule has 0 unspecified atom stereocenters. The Morgan fingerprint density at radius 3 is 2.23 bits per heavy atom. The summed E-state index contributed by atoms with van der Waals surface area (Å²) in [5, 5.41) is 2.77. The summed E-state index contributed by atoms with van der Waals surface area (Å²) < 4.78 is 70.9. The summed E-state index contributed by atoms with van der Waals surface area (Å²) in [6.45, 7) is 3.53. The number of ether oxygens (including phenoxy) is 1. The number of hydrogen-bond acceptors (Lipinski definition) is 6. The Kier molecular flexibility index (Phi) is 7.64. The molecule has 2 aliphatic rings. The average molecular weight is 513 g/mol. The van der Waals surface area contributed by atoms with Crippen LogP contribution in [0.25, 0.3) is 0 Å². The topological polar surface area (TPSA) is 82.2 Å². The predicted molar refractivity (Wildman–Crippen MR) is 125 cm³/mol. The molecule has 35 heavy (non-hydrogen) atoms. The zero-order chi connectivity index (χ0) is 25.1. The number of carbonyl (C=O) groups excluding carboxylic acids is 1. The van der Waals surface area contributed by atoms with Crippen molar-refractivity contribution in [1.29, 1.82) is 0 Å². The maximum atomic E-state index is 13.0. The Morgan fingerprint density at radius 1 is 0.943 bits per heavy atom. The number of rotatable bonds is 6. The summed E-state index contributed by atoms with van der Waals surface area (Å²) in [6.07, 6.45) is -4.39. The third-order valence-corrected chi connectivity index (χ3v) is 7.94. The normalized spacial score (nSPS) is 18.4. The lowest BCUT2D eigenvalue weighted by molar-refractivity contribution is -0.137. The van der Waals surface area contributed by atoms with Gasteiger partial charge in [0.15, 0.2) is 0 Å². The molecule has 0 spiro atoms. The Morgan fingerprint density at radius 2 is 1.60 bits per heavy atom. The van der Waals surface area contributed by atoms with Crippen LogP contribution in [0.4, 0.5) is 24.5 Å². The second kappa shape index (κ2) is 10.5. The first-order valence-corrected chi connectivity index (χ1v) is 12.7. The van der Waals surface area contributed by atoms with E-state index in [0.29, 0.717) is 63.9 Å². The molecule has 2 aliphatic heterocycles. The van der Waals surface area contributed by atoms with Gasteiger partial charge in [-0.3, -0.25) is 9.69 Å². The second-order valence-electron chi connectivity index (χ2n) is 8.40. The minimum atomic E-state index is -4.39. The number of anilines is 2. The Balaban J connectivity index is 1.27. The highest BCUT2D eigenvalue weighted by Gasteiger charge is 2.31. The number of sulfonamides is 1. The first-order valence-electron chi connectivity index (χ1n) is 11.3. The van der Waals surface area contributed by atoms with E-state index in [-0.39, 0.29) is 17.3 Å². The van der Waals surface area contributed by atoms with Gasteiger partial charge < -0.3 is 15.0 Å².